The predicted octanol–water partition coefficient (Wildman–Crippen LogP) is 0.826. The molecule has 0 spiro atoms. The molecular weight excluding hydrogens is 199 g/mol. The van der Waals surface area contributed by atoms with Gasteiger partial charge < -0.3 is 10.5 Å². The molecule has 4 nitrogen and oxygen atoms in total. The third-order valence-corrected chi connectivity index (χ3v) is 1.94. The second-order valence-corrected chi connectivity index (χ2v) is 2.98. The Morgan fingerprint density at radius 2 is 2.40 bits per heavy atom. The maximum Gasteiger partial charge on any atom is 0.314 e. The summed E-state index contributed by atoms with van der Waals surface area (Å²) in [6.07, 6.45) is 2.49. The van der Waals surface area contributed by atoms with Crippen LogP contribution in [0.5, 0.6) is 0 Å². The number of ether oxygens (including phenoxy) is 1. The monoisotopic (exact) mass is 212 g/mol. The van der Waals surface area contributed by atoms with Crippen LogP contribution in [0.2, 0.25) is 0 Å². The molecule has 82 valence electrons. The molecule has 0 bridgehead atoms. The molecule has 1 atom stereocenters. The van der Waals surface area contributed by atoms with Gasteiger partial charge in [0.1, 0.15) is 5.82 Å². The number of carbonyl (C=O) groups excluding carboxylic acids is 1. The van der Waals surface area contributed by atoms with Crippen molar-refractivity contribution in [3.63, 3.8) is 0 Å². The van der Waals surface area contributed by atoms with E-state index in [1.54, 1.807) is 6.92 Å². The number of esters is 1. The summed E-state index contributed by atoms with van der Waals surface area (Å²) >= 11 is 0. The number of aromatic nitrogens is 1. The number of nitrogens with two attached hydrogens (primary N) is 1. The average molecular weight is 212 g/mol. The van der Waals surface area contributed by atoms with Crippen LogP contribution in [0.15, 0.2) is 18.5 Å². The summed E-state index contributed by atoms with van der Waals surface area (Å²) in [5.74, 6) is -1.59. The van der Waals surface area contributed by atoms with E-state index >= 15 is 0 Å². The Balaban J connectivity index is 2.87. The zero-order valence-corrected chi connectivity index (χ0v) is 8.44. The largest absolute Gasteiger partial charge is 0.465 e. The first kappa shape index (κ1) is 11.6. The second kappa shape index (κ2) is 5.41. The van der Waals surface area contributed by atoms with Crippen LogP contribution in [0.4, 0.5) is 4.39 Å². The highest BCUT2D eigenvalue weighted by atomic mass is 19.1. The van der Waals surface area contributed by atoms with Gasteiger partial charge in [-0.05, 0) is 18.6 Å². The van der Waals surface area contributed by atoms with E-state index in [9.17, 15) is 9.18 Å². The van der Waals surface area contributed by atoms with Gasteiger partial charge in [0.2, 0.25) is 0 Å². The molecule has 1 heterocycles. The lowest BCUT2D eigenvalue weighted by molar-refractivity contribution is -0.144. The van der Waals surface area contributed by atoms with E-state index in [2.05, 4.69) is 4.98 Å². The lowest BCUT2D eigenvalue weighted by Gasteiger charge is -2.12. The Morgan fingerprint density at radius 1 is 1.67 bits per heavy atom. The van der Waals surface area contributed by atoms with E-state index in [1.807, 2.05) is 0 Å². The van der Waals surface area contributed by atoms with Crippen LogP contribution in [-0.4, -0.2) is 24.1 Å². The molecule has 5 heteroatoms. The maximum absolute atomic E-state index is 12.9. The highest BCUT2D eigenvalue weighted by molar-refractivity contribution is 5.78. The molecule has 0 fully saturated rings. The summed E-state index contributed by atoms with van der Waals surface area (Å²) in [5, 5.41) is 0. The Bertz CT molecular complexity index is 344. The summed E-state index contributed by atoms with van der Waals surface area (Å²) in [6.45, 7) is 2.05. The molecule has 1 aromatic heterocycles. The quantitative estimate of drug-likeness (QED) is 0.750. The highest BCUT2D eigenvalue weighted by Crippen LogP contribution is 2.16. The van der Waals surface area contributed by atoms with Crippen LogP contribution in [-0.2, 0) is 9.53 Å². The van der Waals surface area contributed by atoms with E-state index in [-0.39, 0.29) is 13.2 Å². The molecule has 2 N–H and O–H groups in total. The molecule has 0 aromatic carbocycles. The first-order valence-electron chi connectivity index (χ1n) is 4.66. The molecule has 1 unspecified atom stereocenters. The fraction of sp³-hybridized carbons (Fsp3) is 0.400. The molecule has 0 aliphatic heterocycles. The number of nitrogens with zero attached hydrogens (tertiary/aromatic N) is 1. The summed E-state index contributed by atoms with van der Waals surface area (Å²) < 4.78 is 17.7. The van der Waals surface area contributed by atoms with Crippen molar-refractivity contribution >= 4 is 5.97 Å². The first-order chi connectivity index (χ1) is 7.19. The minimum atomic E-state index is -0.645. The summed E-state index contributed by atoms with van der Waals surface area (Å²) in [4.78, 5) is 15.1. The fourth-order valence-electron chi connectivity index (χ4n) is 1.23. The number of rotatable bonds is 4. The van der Waals surface area contributed by atoms with Gasteiger partial charge in [0.05, 0.1) is 18.7 Å². The van der Waals surface area contributed by atoms with Gasteiger partial charge in [-0.3, -0.25) is 9.78 Å². The average Bonchev–Trinajstić information content (AvgIpc) is 2.19. The molecule has 0 amide bonds. The molecule has 0 radical (unpaired) electrons. The first-order valence-corrected chi connectivity index (χ1v) is 4.66. The minimum absolute atomic E-state index is 0.0734. The van der Waals surface area contributed by atoms with Crippen LogP contribution < -0.4 is 5.73 Å². The third kappa shape index (κ3) is 2.99. The molecule has 0 saturated carbocycles. The fourth-order valence-corrected chi connectivity index (χ4v) is 1.23. The second-order valence-electron chi connectivity index (χ2n) is 2.98. The number of carbonyl (C=O) groups is 1. The van der Waals surface area contributed by atoms with E-state index < -0.39 is 17.7 Å². The van der Waals surface area contributed by atoms with Gasteiger partial charge in [0, 0.05) is 12.7 Å². The lowest BCUT2D eigenvalue weighted by Crippen LogP contribution is -2.24. The Labute approximate surface area is 87.3 Å². The predicted molar refractivity (Wildman–Crippen MR) is 52.6 cm³/mol. The lowest BCUT2D eigenvalue weighted by atomic mass is 10.0. The molecule has 1 aromatic rings. The minimum Gasteiger partial charge on any atom is -0.465 e. The van der Waals surface area contributed by atoms with Gasteiger partial charge in [-0.25, -0.2) is 4.39 Å². The SMILES string of the molecule is CCOC(=O)C(CN)c1cncc(F)c1. The molecule has 15 heavy (non-hydrogen) atoms. The van der Waals surface area contributed by atoms with Crippen molar-refractivity contribution in [1.29, 1.82) is 0 Å². The molecule has 0 aliphatic carbocycles. The number of hydrogen-bond donors (Lipinski definition) is 1. The van der Waals surface area contributed by atoms with E-state index in [4.69, 9.17) is 10.5 Å². The Kier molecular flexibility index (Phi) is 4.17. The smallest absolute Gasteiger partial charge is 0.314 e. The van der Waals surface area contributed by atoms with Crippen molar-refractivity contribution in [2.75, 3.05) is 13.2 Å². The normalized spacial score (nSPS) is 12.2. The van der Waals surface area contributed by atoms with Gasteiger partial charge in [-0.15, -0.1) is 0 Å². The number of hydrogen-bond acceptors (Lipinski definition) is 4. The van der Waals surface area contributed by atoms with Gasteiger partial charge >= 0.3 is 5.97 Å². The maximum atomic E-state index is 12.9. The van der Waals surface area contributed by atoms with Crippen LogP contribution in [0, 0.1) is 5.82 Å². The molecule has 0 aliphatic rings. The number of pyridine rings is 1. The van der Waals surface area contributed by atoms with Gasteiger partial charge in [-0.1, -0.05) is 0 Å². The van der Waals surface area contributed by atoms with Gasteiger partial charge in [0.15, 0.2) is 0 Å². The van der Waals surface area contributed by atoms with Crippen LogP contribution in [0.3, 0.4) is 0 Å². The van der Waals surface area contributed by atoms with Crippen LogP contribution >= 0.6 is 0 Å². The summed E-state index contributed by atoms with van der Waals surface area (Å²) in [6, 6.07) is 1.24. The van der Waals surface area contributed by atoms with Crippen molar-refractivity contribution < 1.29 is 13.9 Å². The van der Waals surface area contributed by atoms with E-state index in [1.165, 1.54) is 12.3 Å². The van der Waals surface area contributed by atoms with Crippen molar-refractivity contribution in [3.05, 3.63) is 29.8 Å². The molecular formula is C10H13FN2O2. The Hall–Kier alpha value is -1.49. The van der Waals surface area contributed by atoms with Crippen molar-refractivity contribution in [2.24, 2.45) is 5.73 Å². The zero-order chi connectivity index (χ0) is 11.3. The standard InChI is InChI=1S/C10H13FN2O2/c1-2-15-10(14)9(4-12)7-3-8(11)6-13-5-7/h3,5-6,9H,2,4,12H2,1H3. The van der Waals surface area contributed by atoms with Crippen molar-refractivity contribution in [2.45, 2.75) is 12.8 Å². The Morgan fingerprint density at radius 3 is 2.93 bits per heavy atom. The summed E-state index contributed by atoms with van der Waals surface area (Å²) in [5.41, 5.74) is 5.88. The van der Waals surface area contributed by atoms with E-state index in [0.717, 1.165) is 6.20 Å². The molecule has 0 saturated heterocycles. The topological polar surface area (TPSA) is 65.2 Å². The van der Waals surface area contributed by atoms with Gasteiger partial charge in [0.25, 0.3) is 0 Å². The molecule has 1 rings (SSSR count). The van der Waals surface area contributed by atoms with Crippen LogP contribution in [0.1, 0.15) is 18.4 Å². The zero-order valence-electron chi connectivity index (χ0n) is 8.44. The highest BCUT2D eigenvalue weighted by Gasteiger charge is 2.20. The van der Waals surface area contributed by atoms with Gasteiger partial charge in [-0.2, -0.15) is 0 Å². The van der Waals surface area contributed by atoms with E-state index in [0.29, 0.717) is 5.56 Å². The third-order valence-electron chi connectivity index (χ3n) is 1.94. The van der Waals surface area contributed by atoms with Crippen molar-refractivity contribution in [1.82, 2.24) is 4.98 Å². The number of halogens is 1. The summed E-state index contributed by atoms with van der Waals surface area (Å²) in [7, 11) is 0. The van der Waals surface area contributed by atoms with Crippen molar-refractivity contribution in [3.8, 4) is 0 Å². The van der Waals surface area contributed by atoms with Crippen LogP contribution in [0.25, 0.3) is 0 Å².